The highest BCUT2D eigenvalue weighted by molar-refractivity contribution is 8.13. The highest BCUT2D eigenvalue weighted by Gasteiger charge is 2.30. The van der Waals surface area contributed by atoms with Crippen molar-refractivity contribution in [1.82, 2.24) is 10.2 Å². The molecule has 0 aliphatic heterocycles. The first-order chi connectivity index (χ1) is 8.43. The van der Waals surface area contributed by atoms with Crippen molar-refractivity contribution < 1.29 is 17.9 Å². The van der Waals surface area contributed by atoms with E-state index < -0.39 is 15.0 Å². The molecule has 1 aliphatic carbocycles. The van der Waals surface area contributed by atoms with Gasteiger partial charge in [0.1, 0.15) is 4.90 Å². The second kappa shape index (κ2) is 4.89. The topological polar surface area (TPSA) is 89.1 Å². The molecule has 100 valence electrons. The Morgan fingerprint density at radius 1 is 1.56 bits per heavy atom. The first-order valence-corrected chi connectivity index (χ1v) is 7.93. The molecule has 1 fully saturated rings. The highest BCUT2D eigenvalue weighted by Crippen LogP contribution is 2.29. The molecule has 1 aliphatic rings. The van der Waals surface area contributed by atoms with Crippen LogP contribution >= 0.6 is 10.7 Å². The third-order valence-electron chi connectivity index (χ3n) is 2.73. The van der Waals surface area contributed by atoms with Crippen molar-refractivity contribution in [2.75, 3.05) is 6.61 Å². The zero-order valence-corrected chi connectivity index (χ0v) is 11.3. The molecule has 0 saturated heterocycles. The molecule has 1 N–H and O–H groups in total. The number of nitrogens with zero attached hydrogens (tertiary/aromatic N) is 1. The van der Waals surface area contributed by atoms with E-state index in [-0.39, 0.29) is 10.6 Å². The molecule has 18 heavy (non-hydrogen) atoms. The maximum absolute atomic E-state index is 11.7. The van der Waals surface area contributed by atoms with E-state index in [1.165, 1.54) is 0 Å². The zero-order chi connectivity index (χ0) is 13.3. The van der Waals surface area contributed by atoms with E-state index in [2.05, 4.69) is 10.2 Å². The smallest absolute Gasteiger partial charge is 0.360 e. The van der Waals surface area contributed by atoms with Crippen LogP contribution in [0.2, 0.25) is 0 Å². The maximum atomic E-state index is 11.7. The van der Waals surface area contributed by atoms with Crippen LogP contribution < -0.4 is 0 Å². The summed E-state index contributed by atoms with van der Waals surface area (Å²) in [4.78, 5) is 11.5. The molecule has 1 saturated carbocycles. The molecule has 2 rings (SSSR count). The van der Waals surface area contributed by atoms with Crippen molar-refractivity contribution in [1.29, 1.82) is 0 Å². The summed E-state index contributed by atoms with van der Waals surface area (Å²) >= 11 is 0. The number of aromatic nitrogens is 2. The first kappa shape index (κ1) is 13.4. The standard InChI is InChI=1S/C10H13ClN2O4S/c1-2-7-9(18(11,15)16)8(13-12-7)10(14)17-5-6-3-4-6/h6H,2-5H2,1H3,(H,12,13). The molecule has 0 bridgehead atoms. The Morgan fingerprint density at radius 2 is 2.22 bits per heavy atom. The first-order valence-electron chi connectivity index (χ1n) is 5.62. The average molecular weight is 293 g/mol. The predicted molar refractivity (Wildman–Crippen MR) is 64.0 cm³/mol. The number of hydrogen-bond acceptors (Lipinski definition) is 5. The predicted octanol–water partition coefficient (Wildman–Crippen LogP) is 1.47. The summed E-state index contributed by atoms with van der Waals surface area (Å²) in [5.41, 5.74) is 0.0471. The minimum atomic E-state index is -4.02. The van der Waals surface area contributed by atoms with Crippen molar-refractivity contribution in [3.05, 3.63) is 11.4 Å². The summed E-state index contributed by atoms with van der Waals surface area (Å²) < 4.78 is 27.9. The van der Waals surface area contributed by atoms with Gasteiger partial charge in [-0.1, -0.05) is 6.92 Å². The number of hydrogen-bond donors (Lipinski definition) is 1. The van der Waals surface area contributed by atoms with Crippen LogP contribution in [0.5, 0.6) is 0 Å². The largest absolute Gasteiger partial charge is 0.461 e. The van der Waals surface area contributed by atoms with Crippen LogP contribution in [-0.2, 0) is 20.2 Å². The summed E-state index contributed by atoms with van der Waals surface area (Å²) in [6.45, 7) is 2.04. The maximum Gasteiger partial charge on any atom is 0.360 e. The van der Waals surface area contributed by atoms with Gasteiger partial charge in [-0.15, -0.1) is 0 Å². The van der Waals surface area contributed by atoms with E-state index in [9.17, 15) is 13.2 Å². The van der Waals surface area contributed by atoms with Gasteiger partial charge in [0.2, 0.25) is 0 Å². The van der Waals surface area contributed by atoms with Gasteiger partial charge >= 0.3 is 5.97 Å². The van der Waals surface area contributed by atoms with Crippen molar-refractivity contribution in [2.45, 2.75) is 31.1 Å². The number of rotatable bonds is 5. The lowest BCUT2D eigenvalue weighted by Crippen LogP contribution is -2.11. The quantitative estimate of drug-likeness (QED) is 0.655. The van der Waals surface area contributed by atoms with Crippen LogP contribution in [0.4, 0.5) is 0 Å². The molecule has 6 nitrogen and oxygen atoms in total. The van der Waals surface area contributed by atoms with Gasteiger partial charge in [0.15, 0.2) is 5.69 Å². The fraction of sp³-hybridized carbons (Fsp3) is 0.600. The molecule has 0 aromatic carbocycles. The van der Waals surface area contributed by atoms with E-state index in [0.29, 0.717) is 24.6 Å². The third-order valence-corrected chi connectivity index (χ3v) is 4.12. The Kier molecular flexibility index (Phi) is 3.63. The molecular formula is C10H13ClN2O4S. The van der Waals surface area contributed by atoms with Crippen LogP contribution in [0.25, 0.3) is 0 Å². The number of aromatic amines is 1. The summed E-state index contributed by atoms with van der Waals surface area (Å²) in [7, 11) is 1.29. The van der Waals surface area contributed by atoms with Gasteiger partial charge in [-0.2, -0.15) is 5.10 Å². The lowest BCUT2D eigenvalue weighted by Gasteiger charge is -2.02. The van der Waals surface area contributed by atoms with Crippen molar-refractivity contribution >= 4 is 25.7 Å². The van der Waals surface area contributed by atoms with Crippen LogP contribution in [0.1, 0.15) is 35.9 Å². The fourth-order valence-corrected chi connectivity index (χ4v) is 2.90. The molecule has 0 amide bonds. The number of carbonyl (C=O) groups excluding carboxylic acids is 1. The Morgan fingerprint density at radius 3 is 2.72 bits per heavy atom. The number of H-pyrrole nitrogens is 1. The van der Waals surface area contributed by atoms with E-state index in [4.69, 9.17) is 15.4 Å². The Bertz CT molecular complexity index is 562. The average Bonchev–Trinajstić information content (AvgIpc) is 3.00. The van der Waals surface area contributed by atoms with Gasteiger partial charge in [-0.25, -0.2) is 13.2 Å². The molecule has 8 heteroatoms. The monoisotopic (exact) mass is 292 g/mol. The van der Waals surface area contributed by atoms with Gasteiger partial charge in [0.25, 0.3) is 9.05 Å². The van der Waals surface area contributed by atoms with Crippen molar-refractivity contribution in [3.63, 3.8) is 0 Å². The van der Waals surface area contributed by atoms with Gasteiger partial charge in [0, 0.05) is 10.7 Å². The number of halogens is 1. The van der Waals surface area contributed by atoms with E-state index in [0.717, 1.165) is 12.8 Å². The number of nitrogens with one attached hydrogen (secondary N) is 1. The summed E-state index contributed by atoms with van der Waals surface area (Å²) in [6.07, 6.45) is 2.45. The molecule has 1 aromatic rings. The fourth-order valence-electron chi connectivity index (χ4n) is 1.55. The minimum absolute atomic E-state index is 0.262. The molecule has 0 spiro atoms. The number of ether oxygens (including phenoxy) is 1. The lowest BCUT2D eigenvalue weighted by molar-refractivity contribution is 0.0474. The van der Waals surface area contributed by atoms with E-state index in [1.54, 1.807) is 6.92 Å². The van der Waals surface area contributed by atoms with Crippen LogP contribution in [0, 0.1) is 5.92 Å². The van der Waals surface area contributed by atoms with Crippen LogP contribution in [0.3, 0.4) is 0 Å². The summed E-state index contributed by atoms with van der Waals surface area (Å²) in [5.74, 6) is -0.355. The molecule has 0 radical (unpaired) electrons. The van der Waals surface area contributed by atoms with Gasteiger partial charge in [-0.05, 0) is 25.2 Å². The normalized spacial score (nSPS) is 15.7. The molecular weight excluding hydrogens is 280 g/mol. The number of esters is 1. The summed E-state index contributed by atoms with van der Waals surface area (Å²) in [5, 5.41) is 6.19. The second-order valence-electron chi connectivity index (χ2n) is 4.21. The van der Waals surface area contributed by atoms with E-state index in [1.807, 2.05) is 0 Å². The Hall–Kier alpha value is -1.08. The van der Waals surface area contributed by atoms with Crippen molar-refractivity contribution in [3.8, 4) is 0 Å². The van der Waals surface area contributed by atoms with Gasteiger partial charge < -0.3 is 4.74 Å². The van der Waals surface area contributed by atoms with Gasteiger partial charge in [-0.3, -0.25) is 5.10 Å². The SMILES string of the molecule is CCc1[nH]nc(C(=O)OCC2CC2)c1S(=O)(=O)Cl. The molecule has 0 atom stereocenters. The van der Waals surface area contributed by atoms with Gasteiger partial charge in [0.05, 0.1) is 12.3 Å². The molecule has 0 unspecified atom stereocenters. The van der Waals surface area contributed by atoms with Crippen molar-refractivity contribution in [2.24, 2.45) is 5.92 Å². The van der Waals surface area contributed by atoms with E-state index >= 15 is 0 Å². The minimum Gasteiger partial charge on any atom is -0.461 e. The third kappa shape index (κ3) is 2.84. The lowest BCUT2D eigenvalue weighted by atomic mass is 10.3. The van der Waals surface area contributed by atoms with Crippen LogP contribution in [-0.4, -0.2) is 31.2 Å². The molecule has 1 aromatic heterocycles. The Labute approximate surface area is 109 Å². The number of aryl methyl sites for hydroxylation is 1. The zero-order valence-electron chi connectivity index (χ0n) is 9.77. The number of carbonyl (C=O) groups is 1. The Balaban J connectivity index is 2.26. The molecule has 1 heterocycles. The van der Waals surface area contributed by atoms with Crippen LogP contribution in [0.15, 0.2) is 4.90 Å². The second-order valence-corrected chi connectivity index (χ2v) is 6.72. The highest BCUT2D eigenvalue weighted by atomic mass is 35.7. The summed E-state index contributed by atoms with van der Waals surface area (Å²) in [6, 6.07) is 0.